The van der Waals surface area contributed by atoms with Gasteiger partial charge in [-0.25, -0.2) is 0 Å². The molecular weight excluding hydrogens is 506 g/mol. The van der Waals surface area contributed by atoms with Crippen molar-refractivity contribution in [2.75, 3.05) is 4.90 Å². The third-order valence-corrected chi connectivity index (χ3v) is 6.52. The number of nitrogens with zero attached hydrogens (tertiary/aromatic N) is 1. The van der Waals surface area contributed by atoms with Gasteiger partial charge in [-0.1, -0.05) is 130 Å². The highest BCUT2D eigenvalue weighted by atomic mass is 15.1. The third kappa shape index (κ3) is 9.78. The summed E-state index contributed by atoms with van der Waals surface area (Å²) in [4.78, 5) is 2.33. The van der Waals surface area contributed by atoms with E-state index in [1.165, 1.54) is 27.8 Å². The van der Waals surface area contributed by atoms with Gasteiger partial charge >= 0.3 is 0 Å². The Bertz CT molecular complexity index is 1400. The van der Waals surface area contributed by atoms with Crippen molar-refractivity contribution in [3.05, 3.63) is 170 Å². The molecule has 0 radical (unpaired) electrons. The fraction of sp³-hybridized carbons (Fsp3) is 0.171. The Balaban J connectivity index is 0.00000148. The first-order chi connectivity index (χ1) is 20.7. The van der Waals surface area contributed by atoms with Gasteiger partial charge in [0.05, 0.1) is 0 Å². The van der Waals surface area contributed by atoms with Gasteiger partial charge in [0.25, 0.3) is 0 Å². The van der Waals surface area contributed by atoms with Crippen LogP contribution in [0.3, 0.4) is 0 Å². The molecule has 0 bridgehead atoms. The van der Waals surface area contributed by atoms with Crippen molar-refractivity contribution >= 4 is 22.6 Å². The summed E-state index contributed by atoms with van der Waals surface area (Å²) in [5.41, 5.74) is 9.59. The van der Waals surface area contributed by atoms with E-state index in [0.717, 1.165) is 29.9 Å². The van der Waals surface area contributed by atoms with E-state index >= 15 is 0 Å². The van der Waals surface area contributed by atoms with E-state index < -0.39 is 0 Å². The normalized spacial score (nSPS) is 11.2. The average molecular weight is 554 g/mol. The van der Waals surface area contributed by atoms with Crippen LogP contribution in [0.15, 0.2) is 159 Å². The standard InChI is InChI=1S/C37H37N.C2H6.C2H4/c1-4-7-8-9-11-15-30-18-24-35(25-19-30)38(36-26-20-33(21-27-36)31(6-3)14-5-2)37-28-22-34(23-29-37)32-16-12-10-13-17-32;2*1-2/h5-14,16-29H,4,15H2,1-3H3;1-2H3;1-2H2/b8-7-,11-9-,14-5-,31-6+;;. The molecule has 0 saturated carbocycles. The van der Waals surface area contributed by atoms with Crippen molar-refractivity contribution in [1.29, 1.82) is 0 Å². The van der Waals surface area contributed by atoms with Crippen LogP contribution in [-0.2, 0) is 6.42 Å². The smallest absolute Gasteiger partial charge is 0.0462 e. The van der Waals surface area contributed by atoms with Gasteiger partial charge in [0.1, 0.15) is 0 Å². The van der Waals surface area contributed by atoms with E-state index in [2.05, 4.69) is 184 Å². The second kappa shape index (κ2) is 19.5. The second-order valence-corrected chi connectivity index (χ2v) is 9.17. The quantitative estimate of drug-likeness (QED) is 0.139. The summed E-state index contributed by atoms with van der Waals surface area (Å²) in [6, 6.07) is 37.1. The van der Waals surface area contributed by atoms with Gasteiger partial charge in [0.15, 0.2) is 0 Å². The summed E-state index contributed by atoms with van der Waals surface area (Å²) in [5, 5.41) is 0. The monoisotopic (exact) mass is 553 g/mol. The summed E-state index contributed by atoms with van der Waals surface area (Å²) in [7, 11) is 0. The number of rotatable bonds is 10. The number of benzene rings is 4. The second-order valence-electron chi connectivity index (χ2n) is 9.17. The summed E-state index contributed by atoms with van der Waals surface area (Å²) in [5.74, 6) is 0. The van der Waals surface area contributed by atoms with Crippen molar-refractivity contribution < 1.29 is 0 Å². The van der Waals surface area contributed by atoms with Crippen molar-refractivity contribution in [3.63, 3.8) is 0 Å². The van der Waals surface area contributed by atoms with E-state index in [0.29, 0.717) is 0 Å². The Morgan fingerprint density at radius 1 is 0.643 bits per heavy atom. The maximum absolute atomic E-state index is 3.00. The van der Waals surface area contributed by atoms with E-state index in [-0.39, 0.29) is 0 Å². The fourth-order valence-electron chi connectivity index (χ4n) is 4.50. The van der Waals surface area contributed by atoms with Gasteiger partial charge in [0, 0.05) is 17.1 Å². The molecule has 0 unspecified atom stereocenters. The SMILES string of the molecule is C/C=C\C(=C/C)c1ccc(N(c2ccc(C/C=C\C=C/CC)cc2)c2ccc(-c3ccccc3)cc2)cc1.C=C.CC. The molecule has 216 valence electrons. The van der Waals surface area contributed by atoms with E-state index in [1.807, 2.05) is 13.8 Å². The molecule has 4 aromatic carbocycles. The highest BCUT2D eigenvalue weighted by Gasteiger charge is 2.13. The Labute approximate surface area is 255 Å². The highest BCUT2D eigenvalue weighted by molar-refractivity contribution is 5.80. The molecule has 1 heteroatoms. The Morgan fingerprint density at radius 2 is 1.14 bits per heavy atom. The summed E-state index contributed by atoms with van der Waals surface area (Å²) < 4.78 is 0. The molecule has 0 spiro atoms. The summed E-state index contributed by atoms with van der Waals surface area (Å²) in [6.45, 7) is 16.3. The van der Waals surface area contributed by atoms with Gasteiger partial charge in [0.2, 0.25) is 0 Å². The molecule has 0 atom stereocenters. The van der Waals surface area contributed by atoms with E-state index in [9.17, 15) is 0 Å². The molecule has 42 heavy (non-hydrogen) atoms. The molecule has 0 heterocycles. The topological polar surface area (TPSA) is 3.24 Å². The number of hydrogen-bond acceptors (Lipinski definition) is 1. The minimum atomic E-state index is 0.922. The molecule has 4 rings (SSSR count). The molecule has 1 nitrogen and oxygen atoms in total. The number of hydrogen-bond donors (Lipinski definition) is 0. The van der Waals surface area contributed by atoms with Crippen LogP contribution in [0.5, 0.6) is 0 Å². The molecule has 0 aliphatic heterocycles. The lowest BCUT2D eigenvalue weighted by atomic mass is 10.0. The van der Waals surface area contributed by atoms with Crippen molar-refractivity contribution in [1.82, 2.24) is 0 Å². The highest BCUT2D eigenvalue weighted by Crippen LogP contribution is 2.36. The zero-order valence-electron chi connectivity index (χ0n) is 26.1. The molecule has 0 aliphatic carbocycles. The van der Waals surface area contributed by atoms with E-state index in [1.54, 1.807) is 0 Å². The maximum Gasteiger partial charge on any atom is 0.0462 e. The first-order valence-corrected chi connectivity index (χ1v) is 15.0. The van der Waals surface area contributed by atoms with Crippen LogP contribution in [0.4, 0.5) is 17.1 Å². The fourth-order valence-corrected chi connectivity index (χ4v) is 4.50. The lowest BCUT2D eigenvalue weighted by Gasteiger charge is -2.26. The Morgan fingerprint density at radius 3 is 1.67 bits per heavy atom. The summed E-state index contributed by atoms with van der Waals surface area (Å²) in [6.07, 6.45) is 17.0. The maximum atomic E-state index is 3.00. The lowest BCUT2D eigenvalue weighted by molar-refractivity contribution is 1.22. The molecule has 0 aliphatic rings. The van der Waals surface area contributed by atoms with E-state index in [4.69, 9.17) is 0 Å². The van der Waals surface area contributed by atoms with Crippen LogP contribution >= 0.6 is 0 Å². The van der Waals surface area contributed by atoms with Crippen LogP contribution in [0, 0.1) is 0 Å². The largest absolute Gasteiger partial charge is 0.311 e. The van der Waals surface area contributed by atoms with Gasteiger partial charge in [-0.3, -0.25) is 0 Å². The van der Waals surface area contributed by atoms with Crippen LogP contribution in [0.1, 0.15) is 52.2 Å². The Kier molecular flexibility index (Phi) is 15.6. The minimum absolute atomic E-state index is 0.922. The number of allylic oxidation sites excluding steroid dienone is 8. The van der Waals surface area contributed by atoms with Gasteiger partial charge in [-0.15, -0.1) is 13.2 Å². The first-order valence-electron chi connectivity index (χ1n) is 15.0. The van der Waals surface area contributed by atoms with Gasteiger partial charge in [-0.2, -0.15) is 0 Å². The predicted molar refractivity (Wildman–Crippen MR) is 190 cm³/mol. The number of anilines is 3. The third-order valence-electron chi connectivity index (χ3n) is 6.52. The minimum Gasteiger partial charge on any atom is -0.311 e. The van der Waals surface area contributed by atoms with Gasteiger partial charge < -0.3 is 4.90 Å². The van der Waals surface area contributed by atoms with Crippen molar-refractivity contribution in [2.45, 2.75) is 47.5 Å². The molecule has 0 amide bonds. The molecule has 0 aromatic heterocycles. The Hall–Kier alpha value is -4.62. The average Bonchev–Trinajstić information content (AvgIpc) is 3.07. The van der Waals surface area contributed by atoms with Gasteiger partial charge in [-0.05, 0) is 90.9 Å². The van der Waals surface area contributed by atoms with Crippen molar-refractivity contribution in [3.8, 4) is 11.1 Å². The molecule has 0 N–H and O–H groups in total. The zero-order chi connectivity index (χ0) is 30.6. The van der Waals surface area contributed by atoms with Crippen LogP contribution in [0.25, 0.3) is 16.7 Å². The molecular formula is C41H47N. The molecule has 0 saturated heterocycles. The zero-order valence-corrected chi connectivity index (χ0v) is 26.1. The van der Waals surface area contributed by atoms with Crippen LogP contribution < -0.4 is 4.90 Å². The molecule has 0 fully saturated rings. The van der Waals surface area contributed by atoms with Crippen molar-refractivity contribution in [2.24, 2.45) is 0 Å². The van der Waals surface area contributed by atoms with Crippen LogP contribution in [-0.4, -0.2) is 0 Å². The molecule has 4 aromatic rings. The van der Waals surface area contributed by atoms with Crippen LogP contribution in [0.2, 0.25) is 0 Å². The predicted octanol–water partition coefficient (Wildman–Crippen LogP) is 12.7. The lowest BCUT2D eigenvalue weighted by Crippen LogP contribution is -2.10. The summed E-state index contributed by atoms with van der Waals surface area (Å²) >= 11 is 0. The first kappa shape index (κ1) is 33.6.